The maximum atomic E-state index is 12.5. The van der Waals surface area contributed by atoms with Crippen molar-refractivity contribution in [3.8, 4) is 10.6 Å². The van der Waals surface area contributed by atoms with E-state index in [1.54, 1.807) is 36.3 Å². The molecule has 0 saturated carbocycles. The Kier molecular flexibility index (Phi) is 4.49. The standard InChI is InChI=1S/C18H19N3O2S/c1-11-10-15(23-20-11)18(22)21(4)13(3)16-12(2)19-17(24-16)14-8-6-5-7-9-14/h5-10,13H,1-4H3. The summed E-state index contributed by atoms with van der Waals surface area (Å²) in [5.41, 5.74) is 2.73. The molecule has 124 valence electrons. The minimum absolute atomic E-state index is 0.0992. The molecule has 0 radical (unpaired) electrons. The lowest BCUT2D eigenvalue weighted by Crippen LogP contribution is -2.29. The van der Waals surface area contributed by atoms with Crippen molar-refractivity contribution in [3.63, 3.8) is 0 Å². The first-order valence-corrected chi connectivity index (χ1v) is 8.52. The van der Waals surface area contributed by atoms with Gasteiger partial charge >= 0.3 is 0 Å². The molecule has 5 nitrogen and oxygen atoms in total. The Morgan fingerprint density at radius 2 is 1.96 bits per heavy atom. The van der Waals surface area contributed by atoms with Gasteiger partial charge in [-0.15, -0.1) is 11.3 Å². The third kappa shape index (κ3) is 3.10. The van der Waals surface area contributed by atoms with E-state index in [-0.39, 0.29) is 17.7 Å². The van der Waals surface area contributed by atoms with E-state index in [1.165, 1.54) is 0 Å². The Bertz CT molecular complexity index is 854. The third-order valence-corrected chi connectivity index (χ3v) is 5.35. The second kappa shape index (κ2) is 6.57. The van der Waals surface area contributed by atoms with Gasteiger partial charge < -0.3 is 9.42 Å². The maximum Gasteiger partial charge on any atom is 0.292 e. The van der Waals surface area contributed by atoms with E-state index in [4.69, 9.17) is 4.52 Å². The minimum Gasteiger partial charge on any atom is -0.351 e. The van der Waals surface area contributed by atoms with Crippen LogP contribution in [0.25, 0.3) is 10.6 Å². The summed E-state index contributed by atoms with van der Waals surface area (Å²) < 4.78 is 5.08. The number of nitrogens with zero attached hydrogens (tertiary/aromatic N) is 3. The highest BCUT2D eigenvalue weighted by Gasteiger charge is 2.25. The zero-order valence-corrected chi connectivity index (χ0v) is 14.9. The predicted molar refractivity (Wildman–Crippen MR) is 94.0 cm³/mol. The number of aryl methyl sites for hydroxylation is 2. The maximum absolute atomic E-state index is 12.5. The summed E-state index contributed by atoms with van der Waals surface area (Å²) in [6, 6.07) is 11.6. The molecule has 1 atom stereocenters. The fourth-order valence-electron chi connectivity index (χ4n) is 2.49. The summed E-state index contributed by atoms with van der Waals surface area (Å²) in [7, 11) is 1.77. The third-order valence-electron chi connectivity index (χ3n) is 3.97. The molecule has 0 N–H and O–H groups in total. The molecule has 1 aromatic carbocycles. The highest BCUT2D eigenvalue weighted by molar-refractivity contribution is 7.15. The number of amides is 1. The van der Waals surface area contributed by atoms with Crippen molar-refractivity contribution in [2.45, 2.75) is 26.8 Å². The van der Waals surface area contributed by atoms with Crippen LogP contribution in [0.2, 0.25) is 0 Å². The number of carbonyl (C=O) groups is 1. The second-order valence-corrected chi connectivity index (χ2v) is 6.79. The van der Waals surface area contributed by atoms with Crippen LogP contribution in [-0.2, 0) is 0 Å². The molecule has 1 amide bonds. The Labute approximate surface area is 144 Å². The average Bonchev–Trinajstić information content (AvgIpc) is 3.19. The van der Waals surface area contributed by atoms with Crippen LogP contribution in [0.5, 0.6) is 0 Å². The smallest absolute Gasteiger partial charge is 0.292 e. The lowest BCUT2D eigenvalue weighted by Gasteiger charge is -2.23. The van der Waals surface area contributed by atoms with E-state index in [1.807, 2.05) is 44.2 Å². The molecule has 0 bridgehead atoms. The number of aromatic nitrogens is 2. The van der Waals surface area contributed by atoms with E-state index >= 15 is 0 Å². The van der Waals surface area contributed by atoms with Crippen LogP contribution >= 0.6 is 11.3 Å². The highest BCUT2D eigenvalue weighted by atomic mass is 32.1. The SMILES string of the molecule is Cc1cc(C(=O)N(C)C(C)c2sc(-c3ccccc3)nc2C)on1. The van der Waals surface area contributed by atoms with Crippen molar-refractivity contribution in [2.24, 2.45) is 0 Å². The lowest BCUT2D eigenvalue weighted by molar-refractivity contribution is 0.0702. The van der Waals surface area contributed by atoms with Crippen LogP contribution in [0.15, 0.2) is 40.9 Å². The van der Waals surface area contributed by atoms with Gasteiger partial charge in [0.15, 0.2) is 0 Å². The molecule has 3 rings (SSSR count). The zero-order chi connectivity index (χ0) is 17.3. The largest absolute Gasteiger partial charge is 0.351 e. The molecule has 1 unspecified atom stereocenters. The van der Waals surface area contributed by atoms with Crippen LogP contribution in [0.3, 0.4) is 0 Å². The van der Waals surface area contributed by atoms with E-state index in [0.717, 1.165) is 21.1 Å². The van der Waals surface area contributed by atoms with Gasteiger partial charge in [-0.1, -0.05) is 35.5 Å². The topological polar surface area (TPSA) is 59.2 Å². The van der Waals surface area contributed by atoms with Crippen molar-refractivity contribution in [3.05, 3.63) is 58.4 Å². The van der Waals surface area contributed by atoms with Gasteiger partial charge in [-0.05, 0) is 20.8 Å². The molecular weight excluding hydrogens is 322 g/mol. The van der Waals surface area contributed by atoms with E-state index in [9.17, 15) is 4.79 Å². The second-order valence-electron chi connectivity index (χ2n) is 5.76. The Morgan fingerprint density at radius 1 is 1.25 bits per heavy atom. The Morgan fingerprint density at radius 3 is 2.58 bits per heavy atom. The lowest BCUT2D eigenvalue weighted by atomic mass is 10.2. The van der Waals surface area contributed by atoms with Gasteiger partial charge in [0.05, 0.1) is 22.3 Å². The van der Waals surface area contributed by atoms with Gasteiger partial charge in [0.1, 0.15) is 5.01 Å². The Hall–Kier alpha value is -2.47. The normalized spacial score (nSPS) is 12.2. The quantitative estimate of drug-likeness (QED) is 0.712. The first-order valence-electron chi connectivity index (χ1n) is 7.70. The molecule has 2 heterocycles. The van der Waals surface area contributed by atoms with Crippen molar-refractivity contribution in [1.29, 1.82) is 0 Å². The van der Waals surface area contributed by atoms with Crippen molar-refractivity contribution in [1.82, 2.24) is 15.0 Å². The molecule has 0 fully saturated rings. The van der Waals surface area contributed by atoms with Gasteiger partial charge in [0, 0.05) is 18.7 Å². The zero-order valence-electron chi connectivity index (χ0n) is 14.1. The molecule has 0 aliphatic carbocycles. The molecule has 2 aromatic heterocycles. The van der Waals surface area contributed by atoms with E-state index < -0.39 is 0 Å². The minimum atomic E-state index is -0.183. The first kappa shape index (κ1) is 16.4. The number of rotatable bonds is 4. The molecule has 3 aromatic rings. The van der Waals surface area contributed by atoms with Crippen molar-refractivity contribution in [2.75, 3.05) is 7.05 Å². The predicted octanol–water partition coefficient (Wildman–Crippen LogP) is 4.25. The van der Waals surface area contributed by atoms with E-state index in [2.05, 4.69) is 10.1 Å². The summed E-state index contributed by atoms with van der Waals surface area (Å²) in [5, 5.41) is 4.75. The molecular formula is C18H19N3O2S. The summed E-state index contributed by atoms with van der Waals surface area (Å²) in [4.78, 5) is 19.9. The molecule has 0 spiro atoms. The fraction of sp³-hybridized carbons (Fsp3) is 0.278. The van der Waals surface area contributed by atoms with Crippen LogP contribution in [0.1, 0.15) is 39.8 Å². The average molecular weight is 341 g/mol. The van der Waals surface area contributed by atoms with Gasteiger partial charge in [0.25, 0.3) is 5.91 Å². The number of hydrogen-bond acceptors (Lipinski definition) is 5. The van der Waals surface area contributed by atoms with E-state index in [0.29, 0.717) is 5.69 Å². The molecule has 0 saturated heterocycles. The number of thiazole rings is 1. The summed E-state index contributed by atoms with van der Waals surface area (Å²) in [5.74, 6) is 0.0736. The molecule has 6 heteroatoms. The van der Waals surface area contributed by atoms with Crippen LogP contribution in [0, 0.1) is 13.8 Å². The summed E-state index contributed by atoms with van der Waals surface area (Å²) >= 11 is 1.62. The van der Waals surface area contributed by atoms with Gasteiger partial charge in [-0.2, -0.15) is 0 Å². The fourth-order valence-corrected chi connectivity index (χ4v) is 3.66. The first-order chi connectivity index (χ1) is 11.5. The van der Waals surface area contributed by atoms with Crippen LogP contribution in [0.4, 0.5) is 0 Å². The molecule has 24 heavy (non-hydrogen) atoms. The Balaban J connectivity index is 1.86. The van der Waals surface area contributed by atoms with Gasteiger partial charge in [0.2, 0.25) is 5.76 Å². The highest BCUT2D eigenvalue weighted by Crippen LogP contribution is 2.34. The van der Waals surface area contributed by atoms with Crippen molar-refractivity contribution >= 4 is 17.2 Å². The monoisotopic (exact) mass is 341 g/mol. The van der Waals surface area contributed by atoms with Crippen LogP contribution in [-0.4, -0.2) is 28.0 Å². The number of benzene rings is 1. The molecule has 0 aliphatic rings. The number of hydrogen-bond donors (Lipinski definition) is 0. The summed E-state index contributed by atoms with van der Waals surface area (Å²) in [6.07, 6.45) is 0. The van der Waals surface area contributed by atoms with Crippen LogP contribution < -0.4 is 0 Å². The van der Waals surface area contributed by atoms with Gasteiger partial charge in [-0.3, -0.25) is 4.79 Å². The van der Waals surface area contributed by atoms with Crippen molar-refractivity contribution < 1.29 is 9.32 Å². The molecule has 0 aliphatic heterocycles. The van der Waals surface area contributed by atoms with Gasteiger partial charge in [-0.25, -0.2) is 4.98 Å². The number of carbonyl (C=O) groups excluding carboxylic acids is 1. The summed E-state index contributed by atoms with van der Waals surface area (Å²) in [6.45, 7) is 5.77.